The largest absolute Gasteiger partial charge is 0.342 e. The molecule has 1 aromatic heterocycles. The number of carbonyl (C=O) groups is 2. The maximum atomic E-state index is 12.9. The number of thiophene rings is 1. The van der Waals surface area contributed by atoms with Crippen LogP contribution in [0.25, 0.3) is 0 Å². The second-order valence-electron chi connectivity index (χ2n) is 5.94. The molecule has 116 valence electrons. The molecule has 2 rings (SSSR count). The van der Waals surface area contributed by atoms with Crippen LogP contribution in [0.15, 0.2) is 17.5 Å². The lowest BCUT2D eigenvalue weighted by molar-refractivity contribution is -0.160. The standard InChI is InChI=1S/C16H24N2O2S/c1-5-16(6-2)15(20)17-13(11(3)4)14(19)18(16)10-12-8-7-9-21-12/h7-9,11,13H,5-6,10H2,1-4H3,(H,17,20). The molecular formula is C16H24N2O2S. The molecule has 2 heterocycles. The highest BCUT2D eigenvalue weighted by Crippen LogP contribution is 2.32. The highest BCUT2D eigenvalue weighted by Gasteiger charge is 2.50. The zero-order valence-electron chi connectivity index (χ0n) is 13.2. The van der Waals surface area contributed by atoms with E-state index in [2.05, 4.69) is 5.32 Å². The Morgan fingerprint density at radius 2 is 2.00 bits per heavy atom. The van der Waals surface area contributed by atoms with Gasteiger partial charge in [-0.25, -0.2) is 0 Å². The number of piperazine rings is 1. The lowest BCUT2D eigenvalue weighted by Gasteiger charge is -2.48. The summed E-state index contributed by atoms with van der Waals surface area (Å²) >= 11 is 1.63. The van der Waals surface area contributed by atoms with Crippen molar-refractivity contribution in [3.63, 3.8) is 0 Å². The molecule has 1 aliphatic rings. The lowest BCUT2D eigenvalue weighted by atomic mass is 9.84. The van der Waals surface area contributed by atoms with Gasteiger partial charge in [0.2, 0.25) is 11.8 Å². The molecule has 4 nitrogen and oxygen atoms in total. The molecule has 1 unspecified atom stereocenters. The van der Waals surface area contributed by atoms with Gasteiger partial charge < -0.3 is 10.2 Å². The van der Waals surface area contributed by atoms with Crippen LogP contribution in [0, 0.1) is 5.92 Å². The summed E-state index contributed by atoms with van der Waals surface area (Å²) in [4.78, 5) is 28.5. The molecule has 0 radical (unpaired) electrons. The minimum atomic E-state index is -0.716. The van der Waals surface area contributed by atoms with E-state index in [1.807, 2.05) is 50.1 Å². The van der Waals surface area contributed by atoms with E-state index in [1.54, 1.807) is 11.3 Å². The van der Waals surface area contributed by atoms with Crippen LogP contribution in [0.5, 0.6) is 0 Å². The van der Waals surface area contributed by atoms with Crippen molar-refractivity contribution < 1.29 is 9.59 Å². The predicted molar refractivity (Wildman–Crippen MR) is 85.0 cm³/mol. The number of hydrogen-bond acceptors (Lipinski definition) is 3. The smallest absolute Gasteiger partial charge is 0.246 e. The monoisotopic (exact) mass is 308 g/mol. The summed E-state index contributed by atoms with van der Waals surface area (Å²) < 4.78 is 0. The molecule has 0 aliphatic carbocycles. The van der Waals surface area contributed by atoms with Gasteiger partial charge in [-0.2, -0.15) is 0 Å². The molecule has 0 bridgehead atoms. The van der Waals surface area contributed by atoms with Crippen LogP contribution < -0.4 is 5.32 Å². The zero-order chi connectivity index (χ0) is 15.6. The first-order valence-electron chi connectivity index (χ1n) is 7.61. The maximum absolute atomic E-state index is 12.9. The Hall–Kier alpha value is -1.36. The van der Waals surface area contributed by atoms with Gasteiger partial charge in [0.15, 0.2) is 0 Å². The highest BCUT2D eigenvalue weighted by atomic mass is 32.1. The van der Waals surface area contributed by atoms with Crippen LogP contribution in [0.3, 0.4) is 0 Å². The summed E-state index contributed by atoms with van der Waals surface area (Å²) in [6, 6.07) is 3.59. The van der Waals surface area contributed by atoms with Gasteiger partial charge in [0.1, 0.15) is 11.6 Å². The molecule has 1 N–H and O–H groups in total. The van der Waals surface area contributed by atoms with Crippen LogP contribution in [0.2, 0.25) is 0 Å². The Bertz CT molecular complexity index is 506. The maximum Gasteiger partial charge on any atom is 0.246 e. The average molecular weight is 308 g/mol. The SMILES string of the molecule is CCC1(CC)C(=O)NC(C(C)C)C(=O)N1Cc1cccs1. The Labute approximate surface area is 130 Å². The van der Waals surface area contributed by atoms with Gasteiger partial charge in [-0.15, -0.1) is 11.3 Å². The minimum absolute atomic E-state index is 0.0117. The van der Waals surface area contributed by atoms with E-state index in [0.717, 1.165) is 4.88 Å². The summed E-state index contributed by atoms with van der Waals surface area (Å²) in [5.74, 6) is 0.128. The van der Waals surface area contributed by atoms with E-state index in [4.69, 9.17) is 0 Å². The minimum Gasteiger partial charge on any atom is -0.342 e. The van der Waals surface area contributed by atoms with Crippen LogP contribution in [-0.2, 0) is 16.1 Å². The fraction of sp³-hybridized carbons (Fsp3) is 0.625. The van der Waals surface area contributed by atoms with E-state index >= 15 is 0 Å². The van der Waals surface area contributed by atoms with Crippen molar-refractivity contribution in [2.75, 3.05) is 0 Å². The first-order chi connectivity index (χ1) is 9.96. The Kier molecular flexibility index (Phi) is 4.71. The zero-order valence-corrected chi connectivity index (χ0v) is 14.0. The molecule has 1 saturated heterocycles. The van der Waals surface area contributed by atoms with Crippen LogP contribution in [0.1, 0.15) is 45.4 Å². The topological polar surface area (TPSA) is 49.4 Å². The Morgan fingerprint density at radius 3 is 2.48 bits per heavy atom. The number of nitrogens with one attached hydrogen (secondary N) is 1. The molecular weight excluding hydrogens is 284 g/mol. The molecule has 2 amide bonds. The van der Waals surface area contributed by atoms with E-state index in [1.165, 1.54) is 0 Å². The molecule has 0 aromatic carbocycles. The first kappa shape index (κ1) is 16.0. The molecule has 1 atom stereocenters. The second kappa shape index (κ2) is 6.18. The van der Waals surface area contributed by atoms with Crippen molar-refractivity contribution in [3.8, 4) is 0 Å². The quantitative estimate of drug-likeness (QED) is 0.909. The van der Waals surface area contributed by atoms with Gasteiger partial charge >= 0.3 is 0 Å². The van der Waals surface area contributed by atoms with Crippen molar-refractivity contribution in [2.45, 2.75) is 58.7 Å². The molecule has 1 fully saturated rings. The van der Waals surface area contributed by atoms with Crippen molar-refractivity contribution in [2.24, 2.45) is 5.92 Å². The number of nitrogens with zero attached hydrogens (tertiary/aromatic N) is 1. The molecule has 0 spiro atoms. The summed E-state index contributed by atoms with van der Waals surface area (Å²) in [5.41, 5.74) is -0.716. The van der Waals surface area contributed by atoms with Gasteiger partial charge in [-0.1, -0.05) is 33.8 Å². The normalized spacial score (nSPS) is 21.8. The second-order valence-corrected chi connectivity index (χ2v) is 6.97. The number of hydrogen-bond donors (Lipinski definition) is 1. The van der Waals surface area contributed by atoms with Gasteiger partial charge in [-0.05, 0) is 30.2 Å². The Balaban J connectivity index is 2.39. The van der Waals surface area contributed by atoms with Crippen molar-refractivity contribution >= 4 is 23.2 Å². The third kappa shape index (κ3) is 2.71. The van der Waals surface area contributed by atoms with E-state index < -0.39 is 11.6 Å². The van der Waals surface area contributed by atoms with Gasteiger partial charge in [0, 0.05) is 4.88 Å². The number of carbonyl (C=O) groups excluding carboxylic acids is 2. The molecule has 0 saturated carbocycles. The van der Waals surface area contributed by atoms with Crippen molar-refractivity contribution in [1.82, 2.24) is 10.2 Å². The molecule has 1 aliphatic heterocycles. The van der Waals surface area contributed by atoms with Gasteiger partial charge in [0.25, 0.3) is 0 Å². The van der Waals surface area contributed by atoms with E-state index in [-0.39, 0.29) is 17.7 Å². The van der Waals surface area contributed by atoms with Crippen molar-refractivity contribution in [3.05, 3.63) is 22.4 Å². The summed E-state index contributed by atoms with van der Waals surface area (Å²) in [5, 5.41) is 4.94. The van der Waals surface area contributed by atoms with Crippen LogP contribution in [0.4, 0.5) is 0 Å². The van der Waals surface area contributed by atoms with Gasteiger partial charge in [0.05, 0.1) is 6.54 Å². The van der Waals surface area contributed by atoms with E-state index in [9.17, 15) is 9.59 Å². The Morgan fingerprint density at radius 1 is 1.33 bits per heavy atom. The fourth-order valence-corrected chi connectivity index (χ4v) is 3.72. The summed E-state index contributed by atoms with van der Waals surface area (Å²) in [6.07, 6.45) is 1.27. The fourth-order valence-electron chi connectivity index (χ4n) is 3.03. The van der Waals surface area contributed by atoms with Crippen molar-refractivity contribution in [1.29, 1.82) is 0 Å². The van der Waals surface area contributed by atoms with Gasteiger partial charge in [-0.3, -0.25) is 9.59 Å². The third-order valence-electron chi connectivity index (χ3n) is 4.49. The lowest BCUT2D eigenvalue weighted by Crippen LogP contribution is -2.70. The molecule has 21 heavy (non-hydrogen) atoms. The van der Waals surface area contributed by atoms with Crippen LogP contribution in [-0.4, -0.2) is 28.3 Å². The highest BCUT2D eigenvalue weighted by molar-refractivity contribution is 7.09. The molecule has 5 heteroatoms. The predicted octanol–water partition coefficient (Wildman–Crippen LogP) is 2.79. The third-order valence-corrected chi connectivity index (χ3v) is 5.35. The van der Waals surface area contributed by atoms with E-state index in [0.29, 0.717) is 19.4 Å². The summed E-state index contributed by atoms with van der Waals surface area (Å²) in [6.45, 7) is 8.42. The number of amides is 2. The first-order valence-corrected chi connectivity index (χ1v) is 8.49. The summed E-state index contributed by atoms with van der Waals surface area (Å²) in [7, 11) is 0. The van der Waals surface area contributed by atoms with Crippen LogP contribution >= 0.6 is 11.3 Å². The molecule has 1 aromatic rings. The number of rotatable bonds is 5. The average Bonchev–Trinajstić information content (AvgIpc) is 2.96.